The number of piperazine rings is 1. The van der Waals surface area contributed by atoms with Crippen molar-refractivity contribution in [3.8, 4) is 0 Å². The predicted octanol–water partition coefficient (Wildman–Crippen LogP) is 1.04. The van der Waals surface area contributed by atoms with Gasteiger partial charge in [-0.1, -0.05) is 24.3 Å². The summed E-state index contributed by atoms with van der Waals surface area (Å²) in [4.78, 5) is 38.7. The highest BCUT2D eigenvalue weighted by Crippen LogP contribution is 2.29. The average molecular weight is 372 g/mol. The van der Waals surface area contributed by atoms with E-state index < -0.39 is 12.2 Å². The maximum atomic E-state index is 12.2. The predicted molar refractivity (Wildman–Crippen MR) is 96.2 cm³/mol. The average Bonchev–Trinajstić information content (AvgIpc) is 3.04. The summed E-state index contributed by atoms with van der Waals surface area (Å²) in [7, 11) is 0. The molecule has 3 amide bonds. The molecule has 0 saturated carbocycles. The minimum Gasteiger partial charge on any atom is -0.438 e. The van der Waals surface area contributed by atoms with Crippen LogP contribution in [0.25, 0.3) is 0 Å². The zero-order valence-corrected chi connectivity index (χ0v) is 15.2. The lowest BCUT2D eigenvalue weighted by Gasteiger charge is -2.30. The first-order valence-electron chi connectivity index (χ1n) is 9.47. The lowest BCUT2D eigenvalue weighted by Crippen LogP contribution is -2.52. The molecule has 0 aromatic heterocycles. The zero-order valence-electron chi connectivity index (χ0n) is 15.2. The second-order valence-corrected chi connectivity index (χ2v) is 7.18. The molecule has 144 valence electrons. The van der Waals surface area contributed by atoms with Crippen LogP contribution in [0.1, 0.15) is 36.5 Å². The van der Waals surface area contributed by atoms with Gasteiger partial charge < -0.3 is 10.1 Å². The van der Waals surface area contributed by atoms with E-state index in [1.54, 1.807) is 0 Å². The number of carbonyl (C=O) groups is 3. The maximum absolute atomic E-state index is 12.2. The van der Waals surface area contributed by atoms with Crippen molar-refractivity contribution in [3.05, 3.63) is 35.4 Å². The highest BCUT2D eigenvalue weighted by Gasteiger charge is 2.42. The second-order valence-electron chi connectivity index (χ2n) is 7.18. The summed E-state index contributed by atoms with van der Waals surface area (Å²) >= 11 is 0. The van der Waals surface area contributed by atoms with Crippen LogP contribution >= 0.6 is 0 Å². The van der Waals surface area contributed by atoms with Gasteiger partial charge in [0.15, 0.2) is 0 Å². The van der Waals surface area contributed by atoms with E-state index in [9.17, 15) is 14.4 Å². The van der Waals surface area contributed by atoms with E-state index in [2.05, 4.69) is 10.2 Å². The fourth-order valence-corrected chi connectivity index (χ4v) is 3.76. The number of hydrazine groups is 1. The molecule has 3 aliphatic rings. The van der Waals surface area contributed by atoms with E-state index in [0.717, 1.165) is 48.3 Å². The standard InChI is InChI=1S/C19H24N4O4/c24-17-2-1-3-18(25)23(17)22-13-16(27-19(22)26)15-6-4-14(5-7-15)12-21-10-8-20-9-11-21/h4-7,16,20H,1-3,8-13H2/t16-/m1/s1. The van der Waals surface area contributed by atoms with Gasteiger partial charge in [0.1, 0.15) is 6.10 Å². The highest BCUT2D eigenvalue weighted by atomic mass is 16.6. The molecule has 4 rings (SSSR count). The van der Waals surface area contributed by atoms with Gasteiger partial charge in [-0.3, -0.25) is 14.5 Å². The van der Waals surface area contributed by atoms with Crippen molar-refractivity contribution in [2.24, 2.45) is 0 Å². The van der Waals surface area contributed by atoms with Gasteiger partial charge in [-0.05, 0) is 17.5 Å². The van der Waals surface area contributed by atoms with Crippen LogP contribution in [-0.4, -0.2) is 65.5 Å². The summed E-state index contributed by atoms with van der Waals surface area (Å²) in [5, 5.41) is 5.45. The maximum Gasteiger partial charge on any atom is 0.430 e. The topological polar surface area (TPSA) is 82.2 Å². The van der Waals surface area contributed by atoms with Crippen LogP contribution in [-0.2, 0) is 20.9 Å². The largest absolute Gasteiger partial charge is 0.438 e. The first-order valence-corrected chi connectivity index (χ1v) is 9.47. The minimum absolute atomic E-state index is 0.174. The number of hydrogen-bond acceptors (Lipinski definition) is 6. The van der Waals surface area contributed by atoms with Crippen LogP contribution in [0.4, 0.5) is 4.79 Å². The summed E-state index contributed by atoms with van der Waals surface area (Å²) in [6.45, 7) is 5.17. The van der Waals surface area contributed by atoms with Crippen LogP contribution in [0.2, 0.25) is 0 Å². The molecule has 1 N–H and O–H groups in total. The number of carbonyl (C=O) groups excluding carboxylic acids is 3. The number of benzene rings is 1. The van der Waals surface area contributed by atoms with Crippen LogP contribution in [0.3, 0.4) is 0 Å². The summed E-state index contributed by atoms with van der Waals surface area (Å²) < 4.78 is 5.42. The second kappa shape index (κ2) is 7.66. The molecule has 0 aliphatic carbocycles. The van der Waals surface area contributed by atoms with Crippen molar-refractivity contribution in [2.75, 3.05) is 32.7 Å². The van der Waals surface area contributed by atoms with Crippen molar-refractivity contribution in [1.29, 1.82) is 0 Å². The molecule has 1 aromatic carbocycles. The smallest absolute Gasteiger partial charge is 0.430 e. The van der Waals surface area contributed by atoms with Crippen molar-refractivity contribution < 1.29 is 19.1 Å². The van der Waals surface area contributed by atoms with E-state index in [-0.39, 0.29) is 31.2 Å². The SMILES string of the molecule is O=C1O[C@@H](c2ccc(CN3CCNCC3)cc2)CN1N1C(=O)CCCC1=O. The van der Waals surface area contributed by atoms with Gasteiger partial charge >= 0.3 is 6.09 Å². The van der Waals surface area contributed by atoms with Crippen molar-refractivity contribution in [1.82, 2.24) is 20.2 Å². The van der Waals surface area contributed by atoms with Gasteiger partial charge in [-0.25, -0.2) is 9.80 Å². The molecule has 3 heterocycles. The fourth-order valence-electron chi connectivity index (χ4n) is 3.76. The molecular formula is C19H24N4O4. The summed E-state index contributed by atoms with van der Waals surface area (Å²) in [6, 6.07) is 8.01. The van der Waals surface area contributed by atoms with Crippen LogP contribution in [0, 0.1) is 0 Å². The molecule has 3 fully saturated rings. The number of rotatable bonds is 4. The molecule has 27 heavy (non-hydrogen) atoms. The first-order chi connectivity index (χ1) is 13.1. The molecule has 8 nitrogen and oxygen atoms in total. The third kappa shape index (κ3) is 3.81. The van der Waals surface area contributed by atoms with Crippen LogP contribution in [0.15, 0.2) is 24.3 Å². The molecule has 0 radical (unpaired) electrons. The van der Waals surface area contributed by atoms with Crippen molar-refractivity contribution in [2.45, 2.75) is 31.9 Å². The molecule has 3 saturated heterocycles. The summed E-state index contributed by atoms with van der Waals surface area (Å²) in [6.07, 6.45) is -0.0293. The Bertz CT molecular complexity index is 714. The monoisotopic (exact) mass is 372 g/mol. The quantitative estimate of drug-likeness (QED) is 0.796. The third-order valence-corrected chi connectivity index (χ3v) is 5.26. The number of imide groups is 1. The third-order valence-electron chi connectivity index (χ3n) is 5.26. The number of cyclic esters (lactones) is 1. The number of amides is 3. The summed E-state index contributed by atoms with van der Waals surface area (Å²) in [5.41, 5.74) is 2.08. The Kier molecular flexibility index (Phi) is 5.09. The number of hydrogen-bond donors (Lipinski definition) is 1. The number of nitrogens with one attached hydrogen (secondary N) is 1. The Morgan fingerprint density at radius 2 is 1.67 bits per heavy atom. The van der Waals surface area contributed by atoms with Gasteiger partial charge in [0.25, 0.3) is 0 Å². The normalized spacial score (nSPS) is 24.4. The van der Waals surface area contributed by atoms with E-state index in [1.165, 1.54) is 5.56 Å². The molecule has 0 bridgehead atoms. The Morgan fingerprint density at radius 1 is 1.00 bits per heavy atom. The fraction of sp³-hybridized carbons (Fsp3) is 0.526. The molecular weight excluding hydrogens is 348 g/mol. The summed E-state index contributed by atoms with van der Waals surface area (Å²) in [5.74, 6) is -0.676. The van der Waals surface area contributed by atoms with E-state index in [4.69, 9.17) is 4.74 Å². The van der Waals surface area contributed by atoms with Gasteiger partial charge in [0.05, 0.1) is 6.54 Å². The number of ether oxygens (including phenoxy) is 1. The number of piperidine rings is 1. The molecule has 8 heteroatoms. The molecule has 1 aromatic rings. The van der Waals surface area contributed by atoms with E-state index in [0.29, 0.717) is 6.42 Å². The number of nitrogens with zero attached hydrogens (tertiary/aromatic N) is 3. The van der Waals surface area contributed by atoms with Gasteiger partial charge in [-0.2, -0.15) is 5.01 Å². The zero-order chi connectivity index (χ0) is 18.8. The molecule has 3 aliphatic heterocycles. The van der Waals surface area contributed by atoms with Crippen LogP contribution in [0.5, 0.6) is 0 Å². The lowest BCUT2D eigenvalue weighted by atomic mass is 10.1. The van der Waals surface area contributed by atoms with E-state index >= 15 is 0 Å². The molecule has 0 spiro atoms. The van der Waals surface area contributed by atoms with Gasteiger partial charge in [0, 0.05) is 45.6 Å². The first kappa shape index (κ1) is 17.9. The Balaban J connectivity index is 1.41. The minimum atomic E-state index is -0.645. The van der Waals surface area contributed by atoms with Gasteiger partial charge in [-0.15, -0.1) is 0 Å². The Labute approximate surface area is 158 Å². The Hall–Kier alpha value is -2.45. The molecule has 0 unspecified atom stereocenters. The van der Waals surface area contributed by atoms with Crippen molar-refractivity contribution in [3.63, 3.8) is 0 Å². The lowest BCUT2D eigenvalue weighted by molar-refractivity contribution is -0.162. The van der Waals surface area contributed by atoms with Gasteiger partial charge in [0.2, 0.25) is 11.8 Å². The molecule has 1 atom stereocenters. The van der Waals surface area contributed by atoms with E-state index in [1.807, 2.05) is 24.3 Å². The highest BCUT2D eigenvalue weighted by molar-refractivity contribution is 5.98. The van der Waals surface area contributed by atoms with Crippen LogP contribution < -0.4 is 5.32 Å². The van der Waals surface area contributed by atoms with Crippen molar-refractivity contribution >= 4 is 17.9 Å². The Morgan fingerprint density at radius 3 is 2.33 bits per heavy atom.